The summed E-state index contributed by atoms with van der Waals surface area (Å²) in [5.41, 5.74) is 2.26. The highest BCUT2D eigenvalue weighted by molar-refractivity contribution is 7.99. The quantitative estimate of drug-likeness (QED) is 0.640. The molecular formula is C17H16ClN3S. The van der Waals surface area contributed by atoms with E-state index in [0.717, 1.165) is 33.9 Å². The van der Waals surface area contributed by atoms with Crippen molar-refractivity contribution in [3.63, 3.8) is 0 Å². The molecule has 1 heterocycles. The Bertz CT molecular complexity index is 738. The first-order valence-corrected chi connectivity index (χ1v) is 8.51. The second kappa shape index (κ2) is 6.99. The van der Waals surface area contributed by atoms with Crippen molar-refractivity contribution in [2.24, 2.45) is 0 Å². The van der Waals surface area contributed by atoms with E-state index in [-0.39, 0.29) is 0 Å². The van der Waals surface area contributed by atoms with Crippen LogP contribution in [0.2, 0.25) is 5.02 Å². The molecule has 112 valence electrons. The highest BCUT2D eigenvalue weighted by Gasteiger charge is 2.14. The molecule has 3 nitrogen and oxygen atoms in total. The topological polar surface area (TPSA) is 30.7 Å². The van der Waals surface area contributed by atoms with Gasteiger partial charge in [0.15, 0.2) is 5.16 Å². The van der Waals surface area contributed by atoms with Crippen molar-refractivity contribution in [3.05, 3.63) is 71.0 Å². The number of hydrogen-bond donors (Lipinski definition) is 0. The predicted octanol–water partition coefficient (Wildman–Crippen LogP) is 4.62. The zero-order valence-corrected chi connectivity index (χ0v) is 13.8. The zero-order valence-electron chi connectivity index (χ0n) is 12.2. The normalized spacial score (nSPS) is 10.8. The van der Waals surface area contributed by atoms with Gasteiger partial charge in [-0.2, -0.15) is 0 Å². The lowest BCUT2D eigenvalue weighted by atomic mass is 10.1. The van der Waals surface area contributed by atoms with E-state index in [2.05, 4.69) is 33.8 Å². The average molecular weight is 330 g/mol. The van der Waals surface area contributed by atoms with Crippen LogP contribution >= 0.6 is 23.4 Å². The summed E-state index contributed by atoms with van der Waals surface area (Å²) in [5.74, 6) is 1.89. The lowest BCUT2D eigenvalue weighted by Crippen LogP contribution is -2.03. The summed E-state index contributed by atoms with van der Waals surface area (Å²) in [7, 11) is 0. The lowest BCUT2D eigenvalue weighted by Gasteiger charge is -2.10. The largest absolute Gasteiger partial charge is 0.274 e. The van der Waals surface area contributed by atoms with Gasteiger partial charge in [-0.15, -0.1) is 10.2 Å². The molecule has 0 radical (unpaired) electrons. The van der Waals surface area contributed by atoms with Gasteiger partial charge in [0.25, 0.3) is 0 Å². The number of hydrogen-bond acceptors (Lipinski definition) is 3. The summed E-state index contributed by atoms with van der Waals surface area (Å²) in [4.78, 5) is 0. The van der Waals surface area contributed by atoms with E-state index in [0.29, 0.717) is 0 Å². The number of halogens is 1. The van der Waals surface area contributed by atoms with Crippen LogP contribution in [0.5, 0.6) is 0 Å². The van der Waals surface area contributed by atoms with E-state index in [4.69, 9.17) is 11.6 Å². The molecule has 0 spiro atoms. The Hall–Kier alpha value is -1.78. The summed E-state index contributed by atoms with van der Waals surface area (Å²) in [5, 5.41) is 10.4. The van der Waals surface area contributed by atoms with Crippen molar-refractivity contribution in [2.45, 2.75) is 18.5 Å². The minimum atomic E-state index is 0.728. The smallest absolute Gasteiger partial charge is 0.195 e. The molecule has 0 amide bonds. The van der Waals surface area contributed by atoms with Crippen LogP contribution in [0.4, 0.5) is 0 Å². The maximum atomic E-state index is 6.00. The van der Waals surface area contributed by atoms with E-state index in [9.17, 15) is 0 Å². The molecule has 0 unspecified atom stereocenters. The molecule has 0 aliphatic heterocycles. The van der Waals surface area contributed by atoms with E-state index in [1.54, 1.807) is 11.8 Å². The van der Waals surface area contributed by atoms with Crippen molar-refractivity contribution < 1.29 is 0 Å². The van der Waals surface area contributed by atoms with Crippen LogP contribution in [0.25, 0.3) is 5.69 Å². The second-order valence-corrected chi connectivity index (χ2v) is 6.47. The Morgan fingerprint density at radius 3 is 2.41 bits per heavy atom. The van der Waals surface area contributed by atoms with Crippen LogP contribution in [-0.2, 0) is 6.42 Å². The van der Waals surface area contributed by atoms with Gasteiger partial charge in [-0.3, -0.25) is 4.57 Å². The molecule has 0 bridgehead atoms. The number of thioether (sulfide) groups is 1. The SMILES string of the molecule is CCSc1nnc(Cc2ccccc2)n1-c1ccc(Cl)cc1. The molecule has 0 atom stereocenters. The summed E-state index contributed by atoms with van der Waals surface area (Å²) in [6, 6.07) is 18.1. The van der Waals surface area contributed by atoms with Crippen LogP contribution in [0.15, 0.2) is 59.8 Å². The van der Waals surface area contributed by atoms with Crippen LogP contribution in [0.3, 0.4) is 0 Å². The summed E-state index contributed by atoms with van der Waals surface area (Å²) in [6.45, 7) is 2.11. The Balaban J connectivity index is 2.01. The molecule has 0 fully saturated rings. The highest BCUT2D eigenvalue weighted by Crippen LogP contribution is 2.24. The molecule has 0 aliphatic carbocycles. The monoisotopic (exact) mass is 329 g/mol. The van der Waals surface area contributed by atoms with Gasteiger partial charge in [0.2, 0.25) is 0 Å². The Labute approximate surface area is 139 Å². The first kappa shape index (κ1) is 15.1. The molecule has 0 saturated carbocycles. The molecule has 3 rings (SSSR count). The van der Waals surface area contributed by atoms with Crippen LogP contribution in [0, 0.1) is 0 Å². The van der Waals surface area contributed by atoms with Crippen molar-refractivity contribution in [1.82, 2.24) is 14.8 Å². The summed E-state index contributed by atoms with van der Waals surface area (Å²) >= 11 is 7.69. The predicted molar refractivity (Wildman–Crippen MR) is 92.0 cm³/mol. The van der Waals surface area contributed by atoms with Crippen molar-refractivity contribution in [3.8, 4) is 5.69 Å². The van der Waals surface area contributed by atoms with Gasteiger partial charge in [0.1, 0.15) is 5.82 Å². The minimum absolute atomic E-state index is 0.728. The van der Waals surface area contributed by atoms with Crippen molar-refractivity contribution in [1.29, 1.82) is 0 Å². The first-order chi connectivity index (χ1) is 10.8. The van der Waals surface area contributed by atoms with Gasteiger partial charge < -0.3 is 0 Å². The average Bonchev–Trinajstić information content (AvgIpc) is 2.92. The number of rotatable bonds is 5. The Morgan fingerprint density at radius 2 is 1.73 bits per heavy atom. The van der Waals surface area contributed by atoms with Crippen molar-refractivity contribution in [2.75, 3.05) is 5.75 Å². The lowest BCUT2D eigenvalue weighted by molar-refractivity contribution is 0.848. The Morgan fingerprint density at radius 1 is 1.00 bits per heavy atom. The molecular weight excluding hydrogens is 314 g/mol. The van der Waals surface area contributed by atoms with E-state index in [1.165, 1.54) is 5.56 Å². The number of nitrogens with zero attached hydrogens (tertiary/aromatic N) is 3. The van der Waals surface area contributed by atoms with E-state index in [1.807, 2.05) is 42.5 Å². The maximum Gasteiger partial charge on any atom is 0.195 e. The molecule has 22 heavy (non-hydrogen) atoms. The minimum Gasteiger partial charge on any atom is -0.274 e. The summed E-state index contributed by atoms with van der Waals surface area (Å²) < 4.78 is 2.11. The third-order valence-electron chi connectivity index (χ3n) is 3.26. The molecule has 0 N–H and O–H groups in total. The van der Waals surface area contributed by atoms with Gasteiger partial charge in [0, 0.05) is 17.1 Å². The standard InChI is InChI=1S/C17H16ClN3S/c1-2-22-17-20-19-16(12-13-6-4-3-5-7-13)21(17)15-10-8-14(18)9-11-15/h3-11H,2,12H2,1H3. The van der Waals surface area contributed by atoms with Crippen LogP contribution in [-0.4, -0.2) is 20.5 Å². The Kier molecular flexibility index (Phi) is 4.80. The third kappa shape index (κ3) is 3.34. The maximum absolute atomic E-state index is 6.00. The molecule has 3 aromatic rings. The number of aromatic nitrogens is 3. The van der Waals surface area contributed by atoms with Crippen LogP contribution in [0.1, 0.15) is 18.3 Å². The van der Waals surface area contributed by atoms with Crippen LogP contribution < -0.4 is 0 Å². The molecule has 0 saturated heterocycles. The van der Waals surface area contributed by atoms with Crippen molar-refractivity contribution >= 4 is 23.4 Å². The van der Waals surface area contributed by atoms with Gasteiger partial charge in [0.05, 0.1) is 0 Å². The zero-order chi connectivity index (χ0) is 15.4. The fourth-order valence-electron chi connectivity index (χ4n) is 2.27. The number of benzene rings is 2. The van der Waals surface area contributed by atoms with Gasteiger partial charge in [-0.05, 0) is 35.6 Å². The molecule has 2 aromatic carbocycles. The third-order valence-corrected chi connectivity index (χ3v) is 4.33. The van der Waals surface area contributed by atoms with Gasteiger partial charge in [-0.25, -0.2) is 0 Å². The van der Waals surface area contributed by atoms with E-state index < -0.39 is 0 Å². The first-order valence-electron chi connectivity index (χ1n) is 7.15. The summed E-state index contributed by atoms with van der Waals surface area (Å²) in [6.07, 6.45) is 0.751. The highest BCUT2D eigenvalue weighted by atomic mass is 35.5. The van der Waals surface area contributed by atoms with Gasteiger partial charge >= 0.3 is 0 Å². The molecule has 5 heteroatoms. The van der Waals surface area contributed by atoms with E-state index >= 15 is 0 Å². The fourth-order valence-corrected chi connectivity index (χ4v) is 3.09. The molecule has 0 aliphatic rings. The molecule has 1 aromatic heterocycles. The fraction of sp³-hybridized carbons (Fsp3) is 0.176. The van der Waals surface area contributed by atoms with Gasteiger partial charge in [-0.1, -0.05) is 60.6 Å². The second-order valence-electron chi connectivity index (χ2n) is 4.81.